The van der Waals surface area contributed by atoms with Gasteiger partial charge in [-0.1, -0.05) is 0 Å². The smallest absolute Gasteiger partial charge is 0.141 e. The minimum atomic E-state index is -0.0738. The third-order valence-electron chi connectivity index (χ3n) is 3.16. The first-order chi connectivity index (χ1) is 10.1. The highest BCUT2D eigenvalue weighted by molar-refractivity contribution is 9.11. The van der Waals surface area contributed by atoms with Gasteiger partial charge in [-0.15, -0.1) is 0 Å². The first-order valence-electron chi connectivity index (χ1n) is 6.31. The second-order valence-electron chi connectivity index (χ2n) is 4.33. The molecule has 1 unspecified atom stereocenters. The number of hydrogen-bond acceptors (Lipinski definition) is 4. The van der Waals surface area contributed by atoms with Crippen LogP contribution in [0, 0.1) is 0 Å². The predicted octanol–water partition coefficient (Wildman–Crippen LogP) is 3.93. The van der Waals surface area contributed by atoms with E-state index in [1.807, 2.05) is 31.3 Å². The van der Waals surface area contributed by atoms with Gasteiger partial charge >= 0.3 is 0 Å². The van der Waals surface area contributed by atoms with Crippen LogP contribution in [0.25, 0.3) is 0 Å². The Morgan fingerprint density at radius 2 is 1.86 bits per heavy atom. The lowest BCUT2D eigenvalue weighted by Crippen LogP contribution is -2.19. The first kappa shape index (κ1) is 16.3. The Morgan fingerprint density at radius 1 is 1.10 bits per heavy atom. The van der Waals surface area contributed by atoms with Crippen LogP contribution in [0.3, 0.4) is 0 Å². The summed E-state index contributed by atoms with van der Waals surface area (Å²) in [6.45, 7) is 0. The zero-order valence-electron chi connectivity index (χ0n) is 12.0. The number of ether oxygens (including phenoxy) is 2. The van der Waals surface area contributed by atoms with Crippen LogP contribution in [0.1, 0.15) is 17.3 Å². The van der Waals surface area contributed by atoms with Gasteiger partial charge in [0, 0.05) is 16.2 Å². The molecule has 0 aliphatic heterocycles. The molecule has 1 N–H and O–H groups in total. The summed E-state index contributed by atoms with van der Waals surface area (Å²) in [7, 11) is 5.17. The molecular weight excluding hydrogens is 400 g/mol. The number of benzene rings is 1. The zero-order chi connectivity index (χ0) is 15.4. The Morgan fingerprint density at radius 3 is 2.38 bits per heavy atom. The summed E-state index contributed by atoms with van der Waals surface area (Å²) in [6.07, 6.45) is 1.78. The van der Waals surface area contributed by atoms with E-state index in [1.54, 1.807) is 20.4 Å². The van der Waals surface area contributed by atoms with Crippen molar-refractivity contribution in [3.05, 3.63) is 50.7 Å². The van der Waals surface area contributed by atoms with Crippen molar-refractivity contribution in [1.82, 2.24) is 10.3 Å². The Labute approximate surface area is 141 Å². The van der Waals surface area contributed by atoms with Crippen LogP contribution in [0.15, 0.2) is 39.4 Å². The molecule has 0 amide bonds. The molecule has 1 atom stereocenters. The maximum atomic E-state index is 5.54. The molecule has 2 rings (SSSR count). The molecule has 0 radical (unpaired) electrons. The lowest BCUT2D eigenvalue weighted by atomic mass is 10.0. The minimum Gasteiger partial charge on any atom is -0.495 e. The van der Waals surface area contributed by atoms with Gasteiger partial charge in [0.1, 0.15) is 16.0 Å². The fourth-order valence-electron chi connectivity index (χ4n) is 2.17. The molecule has 0 bridgehead atoms. The molecule has 0 aliphatic carbocycles. The Balaban J connectivity index is 2.52. The third-order valence-corrected chi connectivity index (χ3v) is 4.38. The molecule has 0 saturated heterocycles. The number of rotatable bonds is 5. The van der Waals surface area contributed by atoms with Crippen molar-refractivity contribution in [3.63, 3.8) is 0 Å². The summed E-state index contributed by atoms with van der Waals surface area (Å²) in [4.78, 5) is 4.46. The predicted molar refractivity (Wildman–Crippen MR) is 90.1 cm³/mol. The monoisotopic (exact) mass is 414 g/mol. The van der Waals surface area contributed by atoms with E-state index in [0.29, 0.717) is 0 Å². The lowest BCUT2D eigenvalue weighted by molar-refractivity contribution is 0.383. The van der Waals surface area contributed by atoms with Crippen molar-refractivity contribution in [3.8, 4) is 11.5 Å². The topological polar surface area (TPSA) is 43.4 Å². The second-order valence-corrected chi connectivity index (χ2v) is 6.04. The largest absolute Gasteiger partial charge is 0.495 e. The Bertz CT molecular complexity index is 618. The second kappa shape index (κ2) is 7.24. The van der Waals surface area contributed by atoms with Crippen LogP contribution in [0.5, 0.6) is 11.5 Å². The van der Waals surface area contributed by atoms with E-state index in [0.717, 1.165) is 31.7 Å². The summed E-state index contributed by atoms with van der Waals surface area (Å²) < 4.78 is 12.6. The number of nitrogens with one attached hydrogen (secondary N) is 1. The zero-order valence-corrected chi connectivity index (χ0v) is 15.2. The van der Waals surface area contributed by atoms with E-state index in [-0.39, 0.29) is 6.04 Å². The van der Waals surface area contributed by atoms with E-state index < -0.39 is 0 Å². The molecule has 2 aromatic rings. The van der Waals surface area contributed by atoms with Crippen LogP contribution in [0.2, 0.25) is 0 Å². The molecule has 0 fully saturated rings. The molecule has 0 spiro atoms. The summed E-state index contributed by atoms with van der Waals surface area (Å²) in [6, 6.07) is 7.76. The van der Waals surface area contributed by atoms with Crippen molar-refractivity contribution in [2.75, 3.05) is 21.3 Å². The van der Waals surface area contributed by atoms with Crippen LogP contribution in [-0.4, -0.2) is 26.3 Å². The first-order valence-corrected chi connectivity index (χ1v) is 7.90. The van der Waals surface area contributed by atoms with Gasteiger partial charge in [-0.25, -0.2) is 0 Å². The van der Waals surface area contributed by atoms with Crippen LogP contribution in [0.4, 0.5) is 0 Å². The molecule has 1 aromatic carbocycles. The maximum Gasteiger partial charge on any atom is 0.141 e. The van der Waals surface area contributed by atoms with Crippen molar-refractivity contribution < 1.29 is 9.47 Å². The highest BCUT2D eigenvalue weighted by Crippen LogP contribution is 2.40. The van der Waals surface area contributed by atoms with Gasteiger partial charge in [-0.3, -0.25) is 4.98 Å². The summed E-state index contributed by atoms with van der Waals surface area (Å²) in [5, 5.41) is 3.27. The highest BCUT2D eigenvalue weighted by Gasteiger charge is 2.21. The number of hydrogen-bond donors (Lipinski definition) is 1. The van der Waals surface area contributed by atoms with Gasteiger partial charge < -0.3 is 14.8 Å². The average molecular weight is 416 g/mol. The van der Waals surface area contributed by atoms with E-state index in [2.05, 4.69) is 42.2 Å². The van der Waals surface area contributed by atoms with E-state index >= 15 is 0 Å². The third kappa shape index (κ3) is 3.39. The molecule has 4 nitrogen and oxygen atoms in total. The number of halogens is 2. The van der Waals surface area contributed by atoms with Gasteiger partial charge in [0.15, 0.2) is 0 Å². The average Bonchev–Trinajstić information content (AvgIpc) is 2.50. The molecule has 6 heteroatoms. The Kier molecular flexibility index (Phi) is 5.61. The van der Waals surface area contributed by atoms with Crippen molar-refractivity contribution >= 4 is 31.9 Å². The fourth-order valence-corrected chi connectivity index (χ4v) is 3.09. The number of nitrogens with zero attached hydrogens (tertiary/aromatic N) is 1. The lowest BCUT2D eigenvalue weighted by Gasteiger charge is -2.21. The molecule has 21 heavy (non-hydrogen) atoms. The molecular formula is C15H16Br2N2O2. The fraction of sp³-hybridized carbons (Fsp3) is 0.267. The summed E-state index contributed by atoms with van der Waals surface area (Å²) in [5.74, 6) is 1.47. The van der Waals surface area contributed by atoms with Gasteiger partial charge in [-0.05, 0) is 63.2 Å². The molecule has 112 valence electrons. The maximum absolute atomic E-state index is 5.54. The van der Waals surface area contributed by atoms with E-state index in [4.69, 9.17) is 9.47 Å². The van der Waals surface area contributed by atoms with Crippen molar-refractivity contribution in [1.29, 1.82) is 0 Å². The van der Waals surface area contributed by atoms with Crippen LogP contribution in [-0.2, 0) is 0 Å². The van der Waals surface area contributed by atoms with Crippen molar-refractivity contribution in [2.45, 2.75) is 6.04 Å². The molecule has 0 saturated carbocycles. The standard InChI is InChI=1S/C15H16Br2N2O2/c1-18-14(11-6-4-9(16)8-19-11)10-5-7-12(20-2)13(17)15(10)21-3/h4-8,14,18H,1-3H3. The SMILES string of the molecule is CNC(c1ccc(Br)cn1)c1ccc(OC)c(Br)c1OC. The van der Waals surface area contributed by atoms with Crippen LogP contribution < -0.4 is 14.8 Å². The van der Waals surface area contributed by atoms with Gasteiger partial charge in [0.25, 0.3) is 0 Å². The molecule has 1 heterocycles. The molecule has 1 aromatic heterocycles. The van der Waals surface area contributed by atoms with Gasteiger partial charge in [-0.2, -0.15) is 0 Å². The van der Waals surface area contributed by atoms with Gasteiger partial charge in [0.2, 0.25) is 0 Å². The number of pyridine rings is 1. The number of aromatic nitrogens is 1. The van der Waals surface area contributed by atoms with Gasteiger partial charge in [0.05, 0.1) is 26.0 Å². The summed E-state index contributed by atoms with van der Waals surface area (Å²) in [5.41, 5.74) is 1.90. The molecule has 0 aliphatic rings. The number of methoxy groups -OCH3 is 2. The van der Waals surface area contributed by atoms with E-state index in [1.165, 1.54) is 0 Å². The highest BCUT2D eigenvalue weighted by atomic mass is 79.9. The Hall–Kier alpha value is -1.11. The quantitative estimate of drug-likeness (QED) is 0.803. The normalized spacial score (nSPS) is 12.0. The van der Waals surface area contributed by atoms with Crippen molar-refractivity contribution in [2.24, 2.45) is 0 Å². The van der Waals surface area contributed by atoms with E-state index in [9.17, 15) is 0 Å². The minimum absolute atomic E-state index is 0.0738. The van der Waals surface area contributed by atoms with Crippen LogP contribution >= 0.6 is 31.9 Å². The summed E-state index contributed by atoms with van der Waals surface area (Å²) >= 11 is 6.93.